The number of benzene rings is 3. The molecule has 0 bridgehead atoms. The lowest BCUT2D eigenvalue weighted by atomic mass is 9.97. The number of hydrogen-bond acceptors (Lipinski definition) is 13. The molecule has 0 saturated heterocycles. The molecule has 0 fully saturated rings. The first kappa shape index (κ1) is 51.3. The van der Waals surface area contributed by atoms with E-state index in [4.69, 9.17) is 38.7 Å². The standard InChI is InChI=1S/C47H61N7O11/c1-34-16-17-49-42(29-34)54(46(58)65-47(2,3)4)19-6-7-43(55)50-33-44(56)52-41(32-45(57)59-5)36-10-8-35(9-11-36)37-12-13-39-31-40(15-14-38(39)30-37)64-28-27-63-26-25-62-24-23-61-22-21-60-20-18-51-53-48/h8-17,29-31,41H,6-7,18-28,32-33H2,1-5H3,(H,50,55)(H,52,56)/t41-/m0/s1. The fourth-order valence-corrected chi connectivity index (χ4v) is 6.23. The number of carbonyl (C=O) groups is 4. The predicted octanol–water partition coefficient (Wildman–Crippen LogP) is 7.02. The number of hydrogen-bond donors (Lipinski definition) is 2. The van der Waals surface area contributed by atoms with Crippen LogP contribution in [0.1, 0.15) is 57.2 Å². The number of anilines is 1. The summed E-state index contributed by atoms with van der Waals surface area (Å²) >= 11 is 0. The van der Waals surface area contributed by atoms with Crippen molar-refractivity contribution in [3.05, 3.63) is 101 Å². The summed E-state index contributed by atoms with van der Waals surface area (Å²) in [5, 5.41) is 10.9. The zero-order valence-electron chi connectivity index (χ0n) is 37.9. The van der Waals surface area contributed by atoms with Gasteiger partial charge in [-0.3, -0.25) is 19.3 Å². The Morgan fingerprint density at radius 2 is 1.42 bits per heavy atom. The summed E-state index contributed by atoms with van der Waals surface area (Å²) in [5.74, 6) is -0.219. The zero-order valence-corrected chi connectivity index (χ0v) is 37.9. The molecule has 3 aromatic carbocycles. The molecule has 0 saturated carbocycles. The third-order valence-electron chi connectivity index (χ3n) is 9.43. The Morgan fingerprint density at radius 1 is 0.785 bits per heavy atom. The van der Waals surface area contributed by atoms with E-state index in [-0.39, 0.29) is 31.8 Å². The number of ether oxygens (including phenoxy) is 7. The molecule has 0 spiro atoms. The summed E-state index contributed by atoms with van der Waals surface area (Å²) in [4.78, 5) is 59.5. The van der Waals surface area contributed by atoms with E-state index in [2.05, 4.69) is 31.7 Å². The number of nitrogens with zero attached hydrogens (tertiary/aromatic N) is 5. The average Bonchev–Trinajstić information content (AvgIpc) is 3.28. The minimum absolute atomic E-state index is 0.0453. The topological polar surface area (TPSA) is 222 Å². The molecule has 0 aliphatic heterocycles. The van der Waals surface area contributed by atoms with Crippen LogP contribution in [0.4, 0.5) is 10.6 Å². The summed E-state index contributed by atoms with van der Waals surface area (Å²) in [6.07, 6.45) is 1.26. The molecular formula is C47H61N7O11. The third-order valence-corrected chi connectivity index (χ3v) is 9.43. The lowest BCUT2D eigenvalue weighted by Gasteiger charge is -2.27. The van der Waals surface area contributed by atoms with Crippen molar-refractivity contribution in [2.45, 2.75) is 58.6 Å². The van der Waals surface area contributed by atoms with Crippen molar-refractivity contribution in [2.75, 3.05) is 91.1 Å². The van der Waals surface area contributed by atoms with Crippen molar-refractivity contribution in [1.29, 1.82) is 0 Å². The molecule has 0 unspecified atom stereocenters. The Bertz CT molecular complexity index is 2180. The Balaban J connectivity index is 1.20. The SMILES string of the molecule is COC(=O)C[C@H](NC(=O)CNC(=O)CCCN(C(=O)OC(C)(C)C)c1cc(C)ccn1)c1ccc(-c2ccc3cc(OCCOCCOCCOCCOCCN=[N+]=[N-])ccc3c2)cc1. The van der Waals surface area contributed by atoms with E-state index in [1.54, 1.807) is 33.0 Å². The molecule has 1 aromatic heterocycles. The van der Waals surface area contributed by atoms with E-state index < -0.39 is 29.6 Å². The minimum atomic E-state index is -0.720. The van der Waals surface area contributed by atoms with Gasteiger partial charge in [0.2, 0.25) is 11.8 Å². The number of methoxy groups -OCH3 is 1. The minimum Gasteiger partial charge on any atom is -0.491 e. The van der Waals surface area contributed by atoms with Crippen LogP contribution in [-0.4, -0.2) is 121 Å². The van der Waals surface area contributed by atoms with Gasteiger partial charge in [0, 0.05) is 30.6 Å². The molecule has 18 nitrogen and oxygen atoms in total. The van der Waals surface area contributed by atoms with Gasteiger partial charge in [0.1, 0.15) is 23.8 Å². The number of azide groups is 1. The van der Waals surface area contributed by atoms with E-state index in [1.807, 2.05) is 67.6 Å². The molecule has 0 radical (unpaired) electrons. The molecule has 1 heterocycles. The number of rotatable bonds is 28. The first-order valence-electron chi connectivity index (χ1n) is 21.5. The number of esters is 1. The van der Waals surface area contributed by atoms with Crippen molar-refractivity contribution in [3.8, 4) is 16.9 Å². The van der Waals surface area contributed by atoms with Crippen LogP contribution in [0.5, 0.6) is 5.75 Å². The van der Waals surface area contributed by atoms with Crippen LogP contribution in [0, 0.1) is 6.92 Å². The molecule has 4 rings (SSSR count). The lowest BCUT2D eigenvalue weighted by Crippen LogP contribution is -2.40. The maximum atomic E-state index is 13.1. The number of pyridine rings is 1. The fourth-order valence-electron chi connectivity index (χ4n) is 6.23. The highest BCUT2D eigenvalue weighted by Crippen LogP contribution is 2.29. The van der Waals surface area contributed by atoms with Crippen molar-refractivity contribution in [1.82, 2.24) is 15.6 Å². The van der Waals surface area contributed by atoms with Crippen LogP contribution in [-0.2, 0) is 42.8 Å². The zero-order chi connectivity index (χ0) is 46.9. The normalized spacial score (nSPS) is 11.6. The number of amides is 3. The van der Waals surface area contributed by atoms with Crippen LogP contribution in [0.15, 0.2) is 84.1 Å². The van der Waals surface area contributed by atoms with Crippen LogP contribution in [0.25, 0.3) is 32.3 Å². The van der Waals surface area contributed by atoms with Gasteiger partial charge >= 0.3 is 12.1 Å². The number of aryl methyl sites for hydroxylation is 1. The monoisotopic (exact) mass is 899 g/mol. The number of nitrogens with one attached hydrogen (secondary N) is 2. The highest BCUT2D eigenvalue weighted by atomic mass is 16.6. The van der Waals surface area contributed by atoms with Gasteiger partial charge in [-0.2, -0.15) is 0 Å². The van der Waals surface area contributed by atoms with Crippen molar-refractivity contribution < 1.29 is 52.3 Å². The Labute approximate surface area is 379 Å². The van der Waals surface area contributed by atoms with Gasteiger partial charge < -0.3 is 43.8 Å². The Morgan fingerprint density at radius 3 is 2.06 bits per heavy atom. The maximum absolute atomic E-state index is 13.1. The summed E-state index contributed by atoms with van der Waals surface area (Å²) < 4.78 is 38.2. The van der Waals surface area contributed by atoms with Crippen LogP contribution in [0.2, 0.25) is 0 Å². The van der Waals surface area contributed by atoms with Gasteiger partial charge in [-0.05, 0) is 103 Å². The van der Waals surface area contributed by atoms with Crippen LogP contribution in [0.3, 0.4) is 0 Å². The van der Waals surface area contributed by atoms with Crippen molar-refractivity contribution in [3.63, 3.8) is 0 Å². The molecule has 0 aliphatic carbocycles. The van der Waals surface area contributed by atoms with E-state index in [1.165, 1.54) is 12.0 Å². The average molecular weight is 900 g/mol. The highest BCUT2D eigenvalue weighted by molar-refractivity contribution is 5.89. The van der Waals surface area contributed by atoms with Crippen molar-refractivity contribution in [2.24, 2.45) is 5.11 Å². The summed E-state index contributed by atoms with van der Waals surface area (Å²) in [5.41, 5.74) is 11.0. The molecule has 350 valence electrons. The van der Waals surface area contributed by atoms with Crippen molar-refractivity contribution >= 4 is 40.5 Å². The maximum Gasteiger partial charge on any atom is 0.416 e. The summed E-state index contributed by atoms with van der Waals surface area (Å²) in [6, 6.07) is 22.4. The van der Waals surface area contributed by atoms with Crippen LogP contribution < -0.4 is 20.3 Å². The van der Waals surface area contributed by atoms with Gasteiger partial charge in [-0.1, -0.05) is 47.6 Å². The number of fused-ring (bicyclic) bond motifs is 1. The molecular weight excluding hydrogens is 839 g/mol. The van der Waals surface area contributed by atoms with Gasteiger partial charge in [0.05, 0.1) is 79.0 Å². The van der Waals surface area contributed by atoms with Gasteiger partial charge in [0.25, 0.3) is 0 Å². The van der Waals surface area contributed by atoms with E-state index in [0.29, 0.717) is 83.8 Å². The highest BCUT2D eigenvalue weighted by Gasteiger charge is 2.25. The molecule has 1 atom stereocenters. The summed E-state index contributed by atoms with van der Waals surface area (Å²) in [7, 11) is 1.28. The van der Waals surface area contributed by atoms with E-state index in [9.17, 15) is 19.2 Å². The molecule has 65 heavy (non-hydrogen) atoms. The second kappa shape index (κ2) is 27.8. The van der Waals surface area contributed by atoms with Gasteiger partial charge in [-0.25, -0.2) is 9.78 Å². The molecule has 3 amide bonds. The molecule has 2 N–H and O–H groups in total. The first-order valence-corrected chi connectivity index (χ1v) is 21.5. The third kappa shape index (κ3) is 19.5. The second-order valence-electron chi connectivity index (χ2n) is 15.7. The Kier molecular flexibility index (Phi) is 21.9. The molecule has 18 heteroatoms. The lowest BCUT2D eigenvalue weighted by molar-refractivity contribution is -0.141. The number of carbonyl (C=O) groups excluding carboxylic acids is 4. The van der Waals surface area contributed by atoms with Gasteiger partial charge in [-0.15, -0.1) is 0 Å². The number of aromatic nitrogens is 1. The second-order valence-corrected chi connectivity index (χ2v) is 15.7. The summed E-state index contributed by atoms with van der Waals surface area (Å²) in [6.45, 7) is 11.2. The Hall–Kier alpha value is -6.30. The first-order chi connectivity index (χ1) is 31.3. The largest absolute Gasteiger partial charge is 0.491 e. The van der Waals surface area contributed by atoms with E-state index >= 15 is 0 Å². The van der Waals surface area contributed by atoms with Gasteiger partial charge in [0.15, 0.2) is 0 Å². The molecule has 4 aromatic rings. The van der Waals surface area contributed by atoms with Crippen LogP contribution >= 0.6 is 0 Å². The smallest absolute Gasteiger partial charge is 0.416 e. The quantitative estimate of drug-likeness (QED) is 0.0193. The van der Waals surface area contributed by atoms with E-state index in [0.717, 1.165) is 33.2 Å². The molecule has 0 aliphatic rings. The predicted molar refractivity (Wildman–Crippen MR) is 244 cm³/mol. The fraction of sp³-hybridized carbons (Fsp3) is 0.468.